The van der Waals surface area contributed by atoms with Gasteiger partial charge < -0.3 is 11.1 Å². The molecule has 0 saturated heterocycles. The molecule has 20 heavy (non-hydrogen) atoms. The van der Waals surface area contributed by atoms with Crippen molar-refractivity contribution in [2.45, 2.75) is 26.3 Å². The van der Waals surface area contributed by atoms with Crippen molar-refractivity contribution in [3.8, 4) is 0 Å². The fourth-order valence-corrected chi connectivity index (χ4v) is 3.12. The van der Waals surface area contributed by atoms with Gasteiger partial charge in [0.25, 0.3) is 5.91 Å². The molecule has 2 rings (SSSR count). The van der Waals surface area contributed by atoms with Gasteiger partial charge in [0, 0.05) is 17.5 Å². The van der Waals surface area contributed by atoms with Crippen LogP contribution in [0.25, 0.3) is 0 Å². The van der Waals surface area contributed by atoms with Gasteiger partial charge in [-0.15, -0.1) is 11.3 Å². The molecular formula is C16H20N2OS. The average molecular weight is 288 g/mol. The molecule has 1 amide bonds. The topological polar surface area (TPSA) is 55.1 Å². The highest BCUT2D eigenvalue weighted by molar-refractivity contribution is 7.14. The standard InChI is InChI=1S/C16H20N2OS/c1-3-14-11(2)9-15(20-14)16(19)18-10-13(17)12-7-5-4-6-8-12/h4-9,13H,3,10,17H2,1-2H3,(H,18,19). The zero-order chi connectivity index (χ0) is 14.5. The van der Waals surface area contributed by atoms with Gasteiger partial charge in [-0.2, -0.15) is 0 Å². The minimum Gasteiger partial charge on any atom is -0.349 e. The Kier molecular flexibility index (Phi) is 4.93. The molecule has 0 radical (unpaired) electrons. The van der Waals surface area contributed by atoms with Crippen LogP contribution in [0.1, 0.15) is 38.6 Å². The van der Waals surface area contributed by atoms with E-state index in [1.807, 2.05) is 43.3 Å². The molecule has 4 heteroatoms. The van der Waals surface area contributed by atoms with E-state index in [2.05, 4.69) is 12.2 Å². The Morgan fingerprint density at radius 3 is 2.65 bits per heavy atom. The third-order valence-electron chi connectivity index (χ3n) is 3.28. The van der Waals surface area contributed by atoms with Crippen LogP contribution in [-0.4, -0.2) is 12.5 Å². The molecule has 0 aliphatic rings. The molecule has 0 bridgehead atoms. The summed E-state index contributed by atoms with van der Waals surface area (Å²) < 4.78 is 0. The maximum absolute atomic E-state index is 12.1. The Hall–Kier alpha value is -1.65. The molecule has 0 aliphatic heterocycles. The molecule has 0 saturated carbocycles. The monoisotopic (exact) mass is 288 g/mol. The number of amides is 1. The highest BCUT2D eigenvalue weighted by Gasteiger charge is 2.13. The summed E-state index contributed by atoms with van der Waals surface area (Å²) in [5.41, 5.74) is 8.29. The Morgan fingerprint density at radius 1 is 1.35 bits per heavy atom. The normalized spacial score (nSPS) is 12.2. The molecule has 2 aromatic rings. The number of aryl methyl sites for hydroxylation is 2. The van der Waals surface area contributed by atoms with Gasteiger partial charge in [-0.25, -0.2) is 0 Å². The number of hydrogen-bond acceptors (Lipinski definition) is 3. The Balaban J connectivity index is 1.95. The first-order chi connectivity index (χ1) is 9.61. The van der Waals surface area contributed by atoms with E-state index >= 15 is 0 Å². The minimum absolute atomic E-state index is 0.0378. The van der Waals surface area contributed by atoms with Gasteiger partial charge in [-0.1, -0.05) is 37.3 Å². The summed E-state index contributed by atoms with van der Waals surface area (Å²) in [6.45, 7) is 4.59. The van der Waals surface area contributed by atoms with Crippen LogP contribution in [0.15, 0.2) is 36.4 Å². The van der Waals surface area contributed by atoms with Crippen LogP contribution in [0, 0.1) is 6.92 Å². The predicted molar refractivity (Wildman–Crippen MR) is 84.1 cm³/mol. The van der Waals surface area contributed by atoms with Crippen LogP contribution < -0.4 is 11.1 Å². The molecule has 3 N–H and O–H groups in total. The van der Waals surface area contributed by atoms with E-state index in [4.69, 9.17) is 5.73 Å². The maximum atomic E-state index is 12.1. The summed E-state index contributed by atoms with van der Waals surface area (Å²) in [6.07, 6.45) is 0.966. The molecular weight excluding hydrogens is 268 g/mol. The van der Waals surface area contributed by atoms with Crippen LogP contribution in [0.2, 0.25) is 0 Å². The number of nitrogens with one attached hydrogen (secondary N) is 1. The summed E-state index contributed by atoms with van der Waals surface area (Å²) in [6, 6.07) is 11.6. The summed E-state index contributed by atoms with van der Waals surface area (Å²) >= 11 is 1.56. The van der Waals surface area contributed by atoms with Crippen LogP contribution in [0.3, 0.4) is 0 Å². The van der Waals surface area contributed by atoms with Gasteiger partial charge in [0.15, 0.2) is 0 Å². The van der Waals surface area contributed by atoms with Crippen LogP contribution >= 0.6 is 11.3 Å². The second-order valence-corrected chi connectivity index (χ2v) is 5.93. The van der Waals surface area contributed by atoms with Crippen molar-refractivity contribution in [2.24, 2.45) is 5.73 Å². The average Bonchev–Trinajstić information content (AvgIpc) is 2.86. The molecule has 1 aromatic heterocycles. The molecule has 3 nitrogen and oxygen atoms in total. The van der Waals surface area contributed by atoms with E-state index in [0.29, 0.717) is 6.54 Å². The Labute approximate surface area is 123 Å². The highest BCUT2D eigenvalue weighted by Crippen LogP contribution is 2.22. The molecule has 0 spiro atoms. The van der Waals surface area contributed by atoms with Crippen molar-refractivity contribution in [1.82, 2.24) is 5.32 Å². The molecule has 0 aliphatic carbocycles. The molecule has 1 heterocycles. The second-order valence-electron chi connectivity index (χ2n) is 4.80. The summed E-state index contributed by atoms with van der Waals surface area (Å²) in [4.78, 5) is 14.1. The fourth-order valence-electron chi connectivity index (χ4n) is 2.09. The molecule has 1 unspecified atom stereocenters. The highest BCUT2D eigenvalue weighted by atomic mass is 32.1. The zero-order valence-electron chi connectivity index (χ0n) is 11.8. The van der Waals surface area contributed by atoms with Gasteiger partial charge in [0.05, 0.1) is 4.88 Å². The van der Waals surface area contributed by atoms with Crippen LogP contribution in [0.4, 0.5) is 0 Å². The Bertz CT molecular complexity index is 577. The van der Waals surface area contributed by atoms with E-state index in [1.165, 1.54) is 10.4 Å². The third kappa shape index (κ3) is 3.46. The van der Waals surface area contributed by atoms with E-state index in [-0.39, 0.29) is 11.9 Å². The van der Waals surface area contributed by atoms with Crippen molar-refractivity contribution in [2.75, 3.05) is 6.54 Å². The van der Waals surface area contributed by atoms with Crippen molar-refractivity contribution in [1.29, 1.82) is 0 Å². The lowest BCUT2D eigenvalue weighted by Crippen LogP contribution is -2.31. The van der Waals surface area contributed by atoms with E-state index in [1.54, 1.807) is 11.3 Å². The van der Waals surface area contributed by atoms with Crippen molar-refractivity contribution in [3.63, 3.8) is 0 Å². The number of nitrogens with two attached hydrogens (primary N) is 1. The van der Waals surface area contributed by atoms with E-state index in [0.717, 1.165) is 16.9 Å². The lowest BCUT2D eigenvalue weighted by molar-refractivity contribution is 0.0955. The number of rotatable bonds is 5. The van der Waals surface area contributed by atoms with Gasteiger partial charge in [0.1, 0.15) is 0 Å². The molecule has 1 atom stereocenters. The number of carbonyl (C=O) groups excluding carboxylic acids is 1. The van der Waals surface area contributed by atoms with Crippen LogP contribution in [-0.2, 0) is 6.42 Å². The zero-order valence-corrected chi connectivity index (χ0v) is 12.7. The smallest absolute Gasteiger partial charge is 0.261 e. The van der Waals surface area contributed by atoms with E-state index < -0.39 is 0 Å². The molecule has 0 fully saturated rings. The van der Waals surface area contributed by atoms with E-state index in [9.17, 15) is 4.79 Å². The quantitative estimate of drug-likeness (QED) is 0.888. The molecule has 106 valence electrons. The number of benzene rings is 1. The van der Waals surface area contributed by atoms with Crippen LogP contribution in [0.5, 0.6) is 0 Å². The van der Waals surface area contributed by atoms with Crippen molar-refractivity contribution < 1.29 is 4.79 Å². The fraction of sp³-hybridized carbons (Fsp3) is 0.312. The lowest BCUT2D eigenvalue weighted by Gasteiger charge is -2.12. The number of thiophene rings is 1. The maximum Gasteiger partial charge on any atom is 0.261 e. The van der Waals surface area contributed by atoms with Gasteiger partial charge >= 0.3 is 0 Å². The van der Waals surface area contributed by atoms with Crippen molar-refractivity contribution >= 4 is 17.2 Å². The predicted octanol–water partition coefficient (Wildman–Crippen LogP) is 3.05. The van der Waals surface area contributed by atoms with Gasteiger partial charge in [-0.3, -0.25) is 4.79 Å². The first kappa shape index (κ1) is 14.8. The largest absolute Gasteiger partial charge is 0.349 e. The summed E-state index contributed by atoms with van der Waals surface area (Å²) in [5, 5.41) is 2.91. The first-order valence-corrected chi connectivity index (χ1v) is 7.61. The van der Waals surface area contributed by atoms with Crippen molar-refractivity contribution in [3.05, 3.63) is 57.3 Å². The lowest BCUT2D eigenvalue weighted by atomic mass is 10.1. The summed E-state index contributed by atoms with van der Waals surface area (Å²) in [5.74, 6) is -0.0378. The second kappa shape index (κ2) is 6.68. The summed E-state index contributed by atoms with van der Waals surface area (Å²) in [7, 11) is 0. The molecule has 1 aromatic carbocycles. The minimum atomic E-state index is -0.174. The Morgan fingerprint density at radius 2 is 2.05 bits per heavy atom. The van der Waals surface area contributed by atoms with Gasteiger partial charge in [-0.05, 0) is 30.5 Å². The number of hydrogen-bond donors (Lipinski definition) is 2. The third-order valence-corrected chi connectivity index (χ3v) is 4.66. The number of carbonyl (C=O) groups is 1. The van der Waals surface area contributed by atoms with Gasteiger partial charge in [0.2, 0.25) is 0 Å². The first-order valence-electron chi connectivity index (χ1n) is 6.79. The SMILES string of the molecule is CCc1sc(C(=O)NCC(N)c2ccccc2)cc1C.